The summed E-state index contributed by atoms with van der Waals surface area (Å²) in [5, 5.41) is 3.16. The van der Waals surface area contributed by atoms with Crippen molar-refractivity contribution in [3.8, 4) is 0 Å². The molecule has 1 saturated heterocycles. The molecule has 1 heterocycles. The number of amides is 2. The molecule has 2 aliphatic rings. The molecule has 1 aliphatic heterocycles. The summed E-state index contributed by atoms with van der Waals surface area (Å²) in [6.07, 6.45) is 6.62. The van der Waals surface area contributed by atoms with Crippen LogP contribution in [0.3, 0.4) is 0 Å². The first-order chi connectivity index (χ1) is 11.1. The van der Waals surface area contributed by atoms with E-state index in [-0.39, 0.29) is 11.8 Å². The molecule has 0 bridgehead atoms. The second kappa shape index (κ2) is 7.16. The van der Waals surface area contributed by atoms with Gasteiger partial charge in [-0.25, -0.2) is 0 Å². The van der Waals surface area contributed by atoms with Gasteiger partial charge in [0.1, 0.15) is 0 Å². The van der Waals surface area contributed by atoms with Crippen molar-refractivity contribution >= 4 is 17.5 Å². The Morgan fingerprint density at radius 3 is 2.48 bits per heavy atom. The van der Waals surface area contributed by atoms with E-state index < -0.39 is 0 Å². The molecule has 0 atom stereocenters. The summed E-state index contributed by atoms with van der Waals surface area (Å²) >= 11 is 0. The molecule has 3 rings (SSSR count). The maximum absolute atomic E-state index is 12.2. The second-order valence-corrected chi connectivity index (χ2v) is 7.02. The van der Waals surface area contributed by atoms with Crippen LogP contribution in [-0.2, 0) is 16.0 Å². The average molecular weight is 314 g/mol. The highest BCUT2D eigenvalue weighted by Gasteiger charge is 2.22. The minimum Gasteiger partial charge on any atom is -0.353 e. The normalized spacial score (nSPS) is 24.7. The monoisotopic (exact) mass is 314 g/mol. The maximum Gasteiger partial charge on any atom is 0.227 e. The van der Waals surface area contributed by atoms with Gasteiger partial charge in [-0.2, -0.15) is 0 Å². The van der Waals surface area contributed by atoms with Crippen LogP contribution in [0.25, 0.3) is 0 Å². The van der Waals surface area contributed by atoms with Gasteiger partial charge in [-0.3, -0.25) is 9.59 Å². The first-order valence-electron chi connectivity index (χ1n) is 8.80. The van der Waals surface area contributed by atoms with E-state index in [9.17, 15) is 9.59 Å². The summed E-state index contributed by atoms with van der Waals surface area (Å²) in [4.78, 5) is 25.7. The summed E-state index contributed by atoms with van der Waals surface area (Å²) in [7, 11) is 0. The van der Waals surface area contributed by atoms with Crippen LogP contribution < -0.4 is 10.2 Å². The zero-order valence-corrected chi connectivity index (χ0v) is 13.9. The Labute approximate surface area is 138 Å². The molecule has 23 heavy (non-hydrogen) atoms. The third kappa shape index (κ3) is 4.12. The average Bonchev–Trinajstić information content (AvgIpc) is 2.96. The number of hydrogen-bond acceptors (Lipinski definition) is 2. The van der Waals surface area contributed by atoms with E-state index >= 15 is 0 Å². The van der Waals surface area contributed by atoms with Gasteiger partial charge in [-0.1, -0.05) is 19.1 Å². The SMILES string of the molecule is CC1CCC(NC(=O)Cc2ccc(N3CCCC3=O)cc2)CC1. The zero-order valence-electron chi connectivity index (χ0n) is 13.9. The molecule has 124 valence electrons. The number of nitrogens with one attached hydrogen (secondary N) is 1. The van der Waals surface area contributed by atoms with Crippen molar-refractivity contribution in [2.45, 2.75) is 57.9 Å². The van der Waals surface area contributed by atoms with Crippen LogP contribution >= 0.6 is 0 Å². The lowest BCUT2D eigenvalue weighted by molar-refractivity contribution is -0.121. The molecular formula is C19H26N2O2. The third-order valence-corrected chi connectivity index (χ3v) is 5.07. The van der Waals surface area contributed by atoms with E-state index in [1.54, 1.807) is 0 Å². The minimum absolute atomic E-state index is 0.106. The quantitative estimate of drug-likeness (QED) is 0.928. The molecular weight excluding hydrogens is 288 g/mol. The topological polar surface area (TPSA) is 49.4 Å². The number of hydrogen-bond donors (Lipinski definition) is 1. The summed E-state index contributed by atoms with van der Waals surface area (Å²) < 4.78 is 0. The second-order valence-electron chi connectivity index (χ2n) is 7.02. The number of anilines is 1. The van der Waals surface area contributed by atoms with E-state index in [0.29, 0.717) is 18.9 Å². The Morgan fingerprint density at radius 1 is 1.17 bits per heavy atom. The van der Waals surface area contributed by atoms with Gasteiger partial charge in [-0.15, -0.1) is 0 Å². The summed E-state index contributed by atoms with van der Waals surface area (Å²) in [5.74, 6) is 1.10. The Balaban J connectivity index is 1.51. The van der Waals surface area contributed by atoms with Crippen molar-refractivity contribution in [2.75, 3.05) is 11.4 Å². The fourth-order valence-electron chi connectivity index (χ4n) is 3.58. The highest BCUT2D eigenvalue weighted by Crippen LogP contribution is 2.24. The lowest BCUT2D eigenvalue weighted by Crippen LogP contribution is -2.38. The summed E-state index contributed by atoms with van der Waals surface area (Å²) in [5.41, 5.74) is 1.94. The first kappa shape index (κ1) is 16.0. The van der Waals surface area contributed by atoms with Crippen LogP contribution in [0.15, 0.2) is 24.3 Å². The fourth-order valence-corrected chi connectivity index (χ4v) is 3.58. The molecule has 2 amide bonds. The van der Waals surface area contributed by atoms with Crippen molar-refractivity contribution in [3.63, 3.8) is 0 Å². The summed E-state index contributed by atoms with van der Waals surface area (Å²) in [6.45, 7) is 3.09. The van der Waals surface area contributed by atoms with Gasteiger partial charge in [0.15, 0.2) is 0 Å². The Hall–Kier alpha value is -1.84. The zero-order chi connectivity index (χ0) is 16.2. The van der Waals surface area contributed by atoms with Crippen molar-refractivity contribution in [2.24, 2.45) is 5.92 Å². The van der Waals surface area contributed by atoms with Crippen LogP contribution in [0.4, 0.5) is 5.69 Å². The number of benzene rings is 1. The van der Waals surface area contributed by atoms with E-state index in [2.05, 4.69) is 12.2 Å². The first-order valence-corrected chi connectivity index (χ1v) is 8.80. The largest absolute Gasteiger partial charge is 0.353 e. The van der Waals surface area contributed by atoms with Crippen molar-refractivity contribution < 1.29 is 9.59 Å². The molecule has 0 spiro atoms. The number of rotatable bonds is 4. The molecule has 0 unspecified atom stereocenters. The van der Waals surface area contributed by atoms with Crippen LogP contribution in [0, 0.1) is 5.92 Å². The van der Waals surface area contributed by atoms with E-state index in [1.165, 1.54) is 12.8 Å². The number of carbonyl (C=O) groups excluding carboxylic acids is 2. The predicted molar refractivity (Wildman–Crippen MR) is 91.3 cm³/mol. The Kier molecular flexibility index (Phi) is 4.99. The Morgan fingerprint density at radius 2 is 1.87 bits per heavy atom. The van der Waals surface area contributed by atoms with Crippen LogP contribution in [0.2, 0.25) is 0 Å². The molecule has 1 aromatic rings. The Bertz CT molecular complexity index is 559. The number of nitrogens with zero attached hydrogens (tertiary/aromatic N) is 1. The molecule has 4 nitrogen and oxygen atoms in total. The standard InChI is InChI=1S/C19H26N2O2/c1-14-4-8-16(9-5-14)20-18(22)13-15-6-10-17(11-7-15)21-12-2-3-19(21)23/h6-7,10-11,14,16H,2-5,8-9,12-13H2,1H3,(H,20,22). The van der Waals surface area contributed by atoms with E-state index in [4.69, 9.17) is 0 Å². The van der Waals surface area contributed by atoms with Crippen molar-refractivity contribution in [1.82, 2.24) is 5.32 Å². The highest BCUT2D eigenvalue weighted by molar-refractivity contribution is 5.95. The van der Waals surface area contributed by atoms with Crippen LogP contribution in [0.5, 0.6) is 0 Å². The molecule has 1 saturated carbocycles. The van der Waals surface area contributed by atoms with Gasteiger partial charge >= 0.3 is 0 Å². The number of carbonyl (C=O) groups is 2. The van der Waals surface area contributed by atoms with Gasteiger partial charge in [0.05, 0.1) is 6.42 Å². The molecule has 0 radical (unpaired) electrons. The lowest BCUT2D eigenvalue weighted by Gasteiger charge is -2.27. The van der Waals surface area contributed by atoms with Crippen molar-refractivity contribution in [1.29, 1.82) is 0 Å². The molecule has 1 aromatic carbocycles. The van der Waals surface area contributed by atoms with Gasteiger partial charge < -0.3 is 10.2 Å². The lowest BCUT2D eigenvalue weighted by atomic mass is 9.87. The third-order valence-electron chi connectivity index (χ3n) is 5.07. The van der Waals surface area contributed by atoms with Crippen LogP contribution in [0.1, 0.15) is 51.0 Å². The molecule has 1 N–H and O–H groups in total. The smallest absolute Gasteiger partial charge is 0.227 e. The predicted octanol–water partition coefficient (Wildman–Crippen LogP) is 3.05. The maximum atomic E-state index is 12.2. The van der Waals surface area contributed by atoms with Crippen molar-refractivity contribution in [3.05, 3.63) is 29.8 Å². The minimum atomic E-state index is 0.106. The van der Waals surface area contributed by atoms with Gasteiger partial charge in [0.2, 0.25) is 11.8 Å². The van der Waals surface area contributed by atoms with Gasteiger partial charge in [0, 0.05) is 24.7 Å². The van der Waals surface area contributed by atoms with Crippen LogP contribution in [-0.4, -0.2) is 24.4 Å². The molecule has 4 heteroatoms. The van der Waals surface area contributed by atoms with E-state index in [0.717, 1.165) is 43.0 Å². The van der Waals surface area contributed by atoms with Gasteiger partial charge in [-0.05, 0) is 55.7 Å². The fraction of sp³-hybridized carbons (Fsp3) is 0.579. The van der Waals surface area contributed by atoms with E-state index in [1.807, 2.05) is 29.2 Å². The molecule has 2 fully saturated rings. The molecule has 0 aromatic heterocycles. The molecule has 1 aliphatic carbocycles. The van der Waals surface area contributed by atoms with Gasteiger partial charge in [0.25, 0.3) is 0 Å². The summed E-state index contributed by atoms with van der Waals surface area (Å²) in [6, 6.07) is 8.18. The highest BCUT2D eigenvalue weighted by atomic mass is 16.2.